The molecule has 0 aromatic heterocycles. The highest BCUT2D eigenvalue weighted by molar-refractivity contribution is 5.89. The lowest BCUT2D eigenvalue weighted by molar-refractivity contribution is -0.131. The minimum Gasteiger partial charge on any atom is -0.478 e. The van der Waals surface area contributed by atoms with E-state index < -0.39 is 5.97 Å². The van der Waals surface area contributed by atoms with Crippen LogP contribution in [0.4, 0.5) is 0 Å². The second kappa shape index (κ2) is 8.51. The fourth-order valence-corrected chi connectivity index (χ4v) is 2.73. The quantitative estimate of drug-likeness (QED) is 0.613. The molecular formula is C23H23NO2. The molecule has 3 rings (SSSR count). The third-order valence-electron chi connectivity index (χ3n) is 4.42. The normalized spacial score (nSPS) is 13.8. The van der Waals surface area contributed by atoms with Crippen LogP contribution in [0, 0.1) is 17.8 Å². The summed E-state index contributed by atoms with van der Waals surface area (Å²) >= 11 is 0. The molecule has 0 heterocycles. The van der Waals surface area contributed by atoms with E-state index in [1.165, 1.54) is 24.5 Å². The van der Waals surface area contributed by atoms with Gasteiger partial charge in [0.15, 0.2) is 0 Å². The minimum absolute atomic E-state index is 0.725. The monoisotopic (exact) mass is 345 g/mol. The molecule has 2 N–H and O–H groups in total. The van der Waals surface area contributed by atoms with Crippen molar-refractivity contribution in [3.63, 3.8) is 0 Å². The number of aliphatic carboxylic acids is 1. The SMILES string of the molecule is CC(=CC(=O)O)c1ccc(C#Cc2cccc(CNCC3CC3)c2)cc1. The zero-order valence-electron chi connectivity index (χ0n) is 15.0. The summed E-state index contributed by atoms with van der Waals surface area (Å²) in [5, 5.41) is 12.3. The van der Waals surface area contributed by atoms with Gasteiger partial charge < -0.3 is 10.4 Å². The molecule has 1 aliphatic rings. The molecule has 0 radical (unpaired) electrons. The highest BCUT2D eigenvalue weighted by Crippen LogP contribution is 2.27. The Morgan fingerprint density at radius 1 is 1.15 bits per heavy atom. The second-order valence-electron chi connectivity index (χ2n) is 6.77. The smallest absolute Gasteiger partial charge is 0.328 e. The van der Waals surface area contributed by atoms with Crippen molar-refractivity contribution < 1.29 is 9.90 Å². The van der Waals surface area contributed by atoms with Gasteiger partial charge in [0.1, 0.15) is 0 Å². The molecule has 132 valence electrons. The van der Waals surface area contributed by atoms with E-state index in [1.807, 2.05) is 36.4 Å². The molecule has 1 saturated carbocycles. The fourth-order valence-electron chi connectivity index (χ4n) is 2.73. The van der Waals surface area contributed by atoms with E-state index in [9.17, 15) is 4.79 Å². The Labute approximate surface area is 154 Å². The Hall–Kier alpha value is -2.83. The van der Waals surface area contributed by atoms with Crippen molar-refractivity contribution in [3.05, 3.63) is 76.9 Å². The first-order valence-corrected chi connectivity index (χ1v) is 8.93. The minimum atomic E-state index is -0.933. The Kier molecular flexibility index (Phi) is 5.88. The van der Waals surface area contributed by atoms with E-state index in [0.717, 1.165) is 41.3 Å². The molecule has 0 unspecified atom stereocenters. The van der Waals surface area contributed by atoms with Crippen LogP contribution in [0.3, 0.4) is 0 Å². The highest BCUT2D eigenvalue weighted by atomic mass is 16.4. The van der Waals surface area contributed by atoms with Gasteiger partial charge in [-0.2, -0.15) is 0 Å². The summed E-state index contributed by atoms with van der Waals surface area (Å²) < 4.78 is 0. The molecule has 26 heavy (non-hydrogen) atoms. The summed E-state index contributed by atoms with van der Waals surface area (Å²) in [5.74, 6) is 6.33. The Balaban J connectivity index is 1.63. The highest BCUT2D eigenvalue weighted by Gasteiger charge is 2.19. The standard InChI is InChI=1S/C23H23NO2/c1-17(13-23(25)26)22-11-9-18(10-12-22)5-6-19-3-2-4-21(14-19)16-24-15-20-7-8-20/h2-4,9-14,20,24H,7-8,15-16H2,1H3,(H,25,26). The number of hydrogen-bond acceptors (Lipinski definition) is 2. The maximum Gasteiger partial charge on any atom is 0.328 e. The van der Waals surface area contributed by atoms with Crippen LogP contribution in [0.15, 0.2) is 54.6 Å². The van der Waals surface area contributed by atoms with Gasteiger partial charge in [-0.05, 0) is 73.2 Å². The van der Waals surface area contributed by atoms with Crippen molar-refractivity contribution >= 4 is 11.5 Å². The van der Waals surface area contributed by atoms with E-state index in [2.05, 4.69) is 29.3 Å². The van der Waals surface area contributed by atoms with Crippen molar-refractivity contribution in [3.8, 4) is 11.8 Å². The molecule has 1 aliphatic carbocycles. The predicted octanol–water partition coefficient (Wildman–Crippen LogP) is 4.07. The van der Waals surface area contributed by atoms with Crippen molar-refractivity contribution in [2.45, 2.75) is 26.3 Å². The number of allylic oxidation sites excluding steroid dienone is 1. The lowest BCUT2D eigenvalue weighted by Gasteiger charge is -2.04. The number of carboxylic acids is 1. The van der Waals surface area contributed by atoms with Crippen LogP contribution in [-0.2, 0) is 11.3 Å². The Morgan fingerprint density at radius 3 is 2.58 bits per heavy atom. The van der Waals surface area contributed by atoms with Gasteiger partial charge in [0, 0.05) is 23.7 Å². The topological polar surface area (TPSA) is 49.3 Å². The largest absolute Gasteiger partial charge is 0.478 e. The van der Waals surface area contributed by atoms with Gasteiger partial charge in [-0.25, -0.2) is 4.79 Å². The van der Waals surface area contributed by atoms with Gasteiger partial charge in [0.2, 0.25) is 0 Å². The molecule has 0 bridgehead atoms. The van der Waals surface area contributed by atoms with Gasteiger partial charge in [0.05, 0.1) is 0 Å². The number of carboxylic acid groups (broad SMARTS) is 1. The maximum atomic E-state index is 10.7. The van der Waals surface area contributed by atoms with Crippen molar-refractivity contribution in [2.24, 2.45) is 5.92 Å². The van der Waals surface area contributed by atoms with Crippen LogP contribution >= 0.6 is 0 Å². The summed E-state index contributed by atoms with van der Waals surface area (Å²) in [6.07, 6.45) is 3.94. The maximum absolute atomic E-state index is 10.7. The molecule has 1 fully saturated rings. The number of rotatable bonds is 6. The molecular weight excluding hydrogens is 322 g/mol. The first kappa shape index (κ1) is 18.0. The molecule has 0 saturated heterocycles. The lowest BCUT2D eigenvalue weighted by atomic mass is 10.0. The van der Waals surface area contributed by atoms with Crippen molar-refractivity contribution in [1.29, 1.82) is 0 Å². The summed E-state index contributed by atoms with van der Waals surface area (Å²) in [5.41, 5.74) is 4.78. The summed E-state index contributed by atoms with van der Waals surface area (Å²) in [4.78, 5) is 10.7. The third kappa shape index (κ3) is 5.61. The zero-order chi connectivity index (χ0) is 18.4. The number of hydrogen-bond donors (Lipinski definition) is 2. The molecule has 0 aliphatic heterocycles. The molecule has 0 amide bonds. The third-order valence-corrected chi connectivity index (χ3v) is 4.42. The second-order valence-corrected chi connectivity index (χ2v) is 6.77. The number of carbonyl (C=O) groups is 1. The molecule has 0 spiro atoms. The molecule has 3 nitrogen and oxygen atoms in total. The molecule has 0 atom stereocenters. The average Bonchev–Trinajstić information content (AvgIpc) is 3.44. The van der Waals surface area contributed by atoms with Gasteiger partial charge in [-0.15, -0.1) is 0 Å². The zero-order valence-corrected chi connectivity index (χ0v) is 15.0. The van der Waals surface area contributed by atoms with E-state index in [-0.39, 0.29) is 0 Å². The van der Waals surface area contributed by atoms with E-state index in [0.29, 0.717) is 0 Å². The van der Waals surface area contributed by atoms with Gasteiger partial charge in [-0.1, -0.05) is 36.1 Å². The van der Waals surface area contributed by atoms with Gasteiger partial charge in [-0.3, -0.25) is 0 Å². The summed E-state index contributed by atoms with van der Waals surface area (Å²) in [7, 11) is 0. The van der Waals surface area contributed by atoms with Crippen LogP contribution in [0.25, 0.3) is 5.57 Å². The van der Waals surface area contributed by atoms with Crippen LogP contribution < -0.4 is 5.32 Å². The number of benzene rings is 2. The first-order chi connectivity index (χ1) is 12.6. The fraction of sp³-hybridized carbons (Fsp3) is 0.261. The predicted molar refractivity (Wildman–Crippen MR) is 105 cm³/mol. The number of nitrogens with one attached hydrogen (secondary N) is 1. The van der Waals surface area contributed by atoms with Gasteiger partial charge >= 0.3 is 5.97 Å². The lowest BCUT2D eigenvalue weighted by Crippen LogP contribution is -2.16. The van der Waals surface area contributed by atoms with Crippen LogP contribution in [0.1, 0.15) is 42.0 Å². The summed E-state index contributed by atoms with van der Waals surface area (Å²) in [6, 6.07) is 15.9. The van der Waals surface area contributed by atoms with Gasteiger partial charge in [0.25, 0.3) is 0 Å². The summed E-state index contributed by atoms with van der Waals surface area (Å²) in [6.45, 7) is 3.78. The first-order valence-electron chi connectivity index (χ1n) is 8.93. The Morgan fingerprint density at radius 2 is 1.88 bits per heavy atom. The van der Waals surface area contributed by atoms with E-state index in [4.69, 9.17) is 5.11 Å². The van der Waals surface area contributed by atoms with Crippen molar-refractivity contribution in [2.75, 3.05) is 6.54 Å². The van der Waals surface area contributed by atoms with E-state index in [1.54, 1.807) is 6.92 Å². The van der Waals surface area contributed by atoms with Crippen LogP contribution in [0.5, 0.6) is 0 Å². The van der Waals surface area contributed by atoms with Crippen LogP contribution in [0.2, 0.25) is 0 Å². The van der Waals surface area contributed by atoms with E-state index >= 15 is 0 Å². The molecule has 3 heteroatoms. The Bertz CT molecular complexity index is 865. The van der Waals surface area contributed by atoms with Crippen molar-refractivity contribution in [1.82, 2.24) is 5.32 Å². The molecule has 2 aromatic carbocycles. The van der Waals surface area contributed by atoms with Crippen LogP contribution in [-0.4, -0.2) is 17.6 Å². The molecule has 2 aromatic rings. The average molecular weight is 345 g/mol.